The monoisotopic (exact) mass is 566 g/mol. The zero-order chi connectivity index (χ0) is 30.5. The van der Waals surface area contributed by atoms with Crippen LogP contribution in [0.25, 0.3) is 0 Å². The number of carbonyl (C=O) groups is 5. The van der Waals surface area contributed by atoms with Crippen LogP contribution in [0, 0.1) is 5.92 Å². The quantitative estimate of drug-likeness (QED) is 0.318. The minimum absolute atomic E-state index is 0.0325. The lowest BCUT2D eigenvalue weighted by Gasteiger charge is -2.32. The van der Waals surface area contributed by atoms with Crippen molar-refractivity contribution in [3.63, 3.8) is 0 Å². The first kappa shape index (κ1) is 33.6. The van der Waals surface area contributed by atoms with Gasteiger partial charge in [-0.2, -0.15) is 0 Å². The molecule has 2 rings (SSSR count). The summed E-state index contributed by atoms with van der Waals surface area (Å²) in [5.74, 6) is -2.38. The van der Waals surface area contributed by atoms with Crippen molar-refractivity contribution in [1.29, 1.82) is 0 Å². The first-order chi connectivity index (χ1) is 18.3. The highest BCUT2D eigenvalue weighted by molar-refractivity contribution is 5.93. The van der Waals surface area contributed by atoms with Crippen LogP contribution in [0.5, 0.6) is 0 Å². The molecule has 2 aliphatic heterocycles. The molecule has 0 bridgehead atoms. The third kappa shape index (κ3) is 11.1. The Morgan fingerprint density at radius 3 is 2.00 bits per heavy atom. The molecule has 10 nitrogen and oxygen atoms in total. The van der Waals surface area contributed by atoms with Crippen molar-refractivity contribution >= 4 is 29.7 Å². The second-order valence-electron chi connectivity index (χ2n) is 14.0. The van der Waals surface area contributed by atoms with Crippen molar-refractivity contribution in [3.05, 3.63) is 0 Å². The summed E-state index contributed by atoms with van der Waals surface area (Å²) in [4.78, 5) is 68.4. The molecule has 3 atom stereocenters. The third-order valence-corrected chi connectivity index (χ3v) is 6.66. The minimum atomic E-state index is -0.843. The van der Waals surface area contributed by atoms with Crippen LogP contribution in [0.15, 0.2) is 0 Å². The van der Waals surface area contributed by atoms with Crippen LogP contribution >= 0.6 is 0 Å². The fraction of sp³-hybridized carbons (Fsp3) is 0.833. The second kappa shape index (κ2) is 13.3. The van der Waals surface area contributed by atoms with Gasteiger partial charge in [0.1, 0.15) is 23.3 Å². The van der Waals surface area contributed by atoms with Crippen LogP contribution in [0.1, 0.15) is 114 Å². The molecular formula is C30H50N2O8. The zero-order valence-corrected chi connectivity index (χ0v) is 26.0. The molecule has 2 amide bonds. The van der Waals surface area contributed by atoms with Gasteiger partial charge in [0, 0.05) is 25.4 Å². The van der Waals surface area contributed by atoms with E-state index in [0.717, 1.165) is 19.3 Å². The number of carbonyl (C=O) groups excluding carboxylic acids is 5. The second-order valence-corrected chi connectivity index (χ2v) is 14.0. The summed E-state index contributed by atoms with van der Waals surface area (Å²) in [5, 5.41) is 0. The summed E-state index contributed by atoms with van der Waals surface area (Å²) in [6.07, 6.45) is 2.85. The maximum atomic E-state index is 13.7. The third-order valence-electron chi connectivity index (χ3n) is 6.66. The van der Waals surface area contributed by atoms with Gasteiger partial charge in [-0.05, 0) is 101 Å². The number of Topliss-reactive ketones (excluding diaryl/α,β-unsaturated/α-hetero) is 1. The molecule has 2 heterocycles. The number of rotatable bonds is 7. The largest absolute Gasteiger partial charge is 0.460 e. The van der Waals surface area contributed by atoms with E-state index in [0.29, 0.717) is 19.4 Å². The van der Waals surface area contributed by atoms with E-state index in [1.807, 2.05) is 0 Å². The van der Waals surface area contributed by atoms with Crippen LogP contribution in [0.4, 0.5) is 4.79 Å². The molecule has 2 aliphatic rings. The average Bonchev–Trinajstić information content (AvgIpc) is 3.20. The van der Waals surface area contributed by atoms with Crippen molar-refractivity contribution in [3.8, 4) is 0 Å². The minimum Gasteiger partial charge on any atom is -0.460 e. The molecule has 2 fully saturated rings. The van der Waals surface area contributed by atoms with E-state index in [1.165, 1.54) is 4.90 Å². The predicted octanol–water partition coefficient (Wildman–Crippen LogP) is 4.81. The van der Waals surface area contributed by atoms with Gasteiger partial charge in [-0.3, -0.25) is 24.1 Å². The molecule has 0 N–H and O–H groups in total. The molecule has 0 unspecified atom stereocenters. The van der Waals surface area contributed by atoms with Crippen LogP contribution < -0.4 is 0 Å². The van der Waals surface area contributed by atoms with Crippen LogP contribution in [0.3, 0.4) is 0 Å². The van der Waals surface area contributed by atoms with E-state index in [1.54, 1.807) is 67.2 Å². The van der Waals surface area contributed by atoms with Gasteiger partial charge in [-0.15, -0.1) is 0 Å². The highest BCUT2D eigenvalue weighted by Crippen LogP contribution is 2.32. The van der Waals surface area contributed by atoms with Gasteiger partial charge in [0.2, 0.25) is 5.91 Å². The van der Waals surface area contributed by atoms with E-state index in [4.69, 9.17) is 14.2 Å². The van der Waals surface area contributed by atoms with Gasteiger partial charge in [0.05, 0.1) is 12.0 Å². The first-order valence-electron chi connectivity index (χ1n) is 14.5. The molecule has 10 heteroatoms. The highest BCUT2D eigenvalue weighted by atomic mass is 16.6. The molecule has 0 saturated carbocycles. The van der Waals surface area contributed by atoms with E-state index in [-0.39, 0.29) is 43.5 Å². The van der Waals surface area contributed by atoms with Crippen molar-refractivity contribution < 1.29 is 38.2 Å². The number of esters is 2. The Morgan fingerprint density at radius 2 is 1.43 bits per heavy atom. The van der Waals surface area contributed by atoms with Crippen molar-refractivity contribution in [2.24, 2.45) is 5.92 Å². The molecular weight excluding hydrogens is 516 g/mol. The molecule has 2 saturated heterocycles. The summed E-state index contributed by atoms with van der Waals surface area (Å²) < 4.78 is 16.5. The lowest BCUT2D eigenvalue weighted by molar-refractivity contribution is -0.162. The zero-order valence-electron chi connectivity index (χ0n) is 26.0. The number of fused-ring (bicyclic) bond motifs is 1. The Morgan fingerprint density at radius 1 is 0.825 bits per heavy atom. The van der Waals surface area contributed by atoms with Gasteiger partial charge in [-0.25, -0.2) is 4.79 Å². The number of hydrogen-bond acceptors (Lipinski definition) is 8. The van der Waals surface area contributed by atoms with Gasteiger partial charge < -0.3 is 19.1 Å². The van der Waals surface area contributed by atoms with Crippen LogP contribution in [-0.4, -0.2) is 81.5 Å². The number of hydrogen-bond donors (Lipinski definition) is 0. The normalized spacial score (nSPS) is 21.5. The van der Waals surface area contributed by atoms with Crippen molar-refractivity contribution in [1.82, 2.24) is 9.80 Å². The molecule has 0 aromatic heterocycles. The van der Waals surface area contributed by atoms with Crippen LogP contribution in [0.2, 0.25) is 0 Å². The molecule has 0 aromatic rings. The number of ether oxygens (including phenoxy) is 3. The summed E-state index contributed by atoms with van der Waals surface area (Å²) in [6, 6.07) is -0.788. The van der Waals surface area contributed by atoms with Crippen molar-refractivity contribution in [2.45, 2.75) is 143 Å². The summed E-state index contributed by atoms with van der Waals surface area (Å²) in [5.41, 5.74) is -2.11. The molecule has 40 heavy (non-hydrogen) atoms. The molecule has 228 valence electrons. The topological polar surface area (TPSA) is 120 Å². The Labute approximate surface area is 239 Å². The first-order valence-corrected chi connectivity index (χ1v) is 14.5. The Kier molecular flexibility index (Phi) is 11.2. The lowest BCUT2D eigenvalue weighted by Crippen LogP contribution is -2.50. The molecule has 0 spiro atoms. The van der Waals surface area contributed by atoms with E-state index < -0.39 is 46.8 Å². The van der Waals surface area contributed by atoms with E-state index >= 15 is 0 Å². The summed E-state index contributed by atoms with van der Waals surface area (Å²) in [6.45, 7) is 16.1. The standard InChI is InChI=1S/C30H50N2O8/c1-28(2,3)38-25(35)16-13-20(26(36)39-29(4,5)6)18-23(33)22-15-14-21-12-10-11-17-31(19-24(34)32(21)22)27(37)40-30(7,8)9/h20-22H,10-19H2,1-9H3/t20-,21+,22+/m1/s1. The van der Waals surface area contributed by atoms with Gasteiger partial charge >= 0.3 is 18.0 Å². The highest BCUT2D eigenvalue weighted by Gasteiger charge is 2.43. The SMILES string of the molecule is CC(C)(C)OC(=O)CC[C@H](CC(=O)[C@@H]1CC[C@@H]2CCCCN(C(=O)OC(C)(C)C)CC(=O)N21)C(=O)OC(C)(C)C. The number of ketones is 1. The van der Waals surface area contributed by atoms with Gasteiger partial charge in [0.25, 0.3) is 0 Å². The van der Waals surface area contributed by atoms with Crippen LogP contribution in [-0.2, 0) is 33.4 Å². The maximum Gasteiger partial charge on any atom is 0.410 e. The van der Waals surface area contributed by atoms with Gasteiger partial charge in [0.15, 0.2) is 5.78 Å². The molecule has 0 radical (unpaired) electrons. The summed E-state index contributed by atoms with van der Waals surface area (Å²) >= 11 is 0. The molecule has 0 aliphatic carbocycles. The Hall–Kier alpha value is -2.65. The molecule has 0 aromatic carbocycles. The Balaban J connectivity index is 2.19. The van der Waals surface area contributed by atoms with E-state index in [2.05, 4.69) is 0 Å². The Bertz CT molecular complexity index is 941. The van der Waals surface area contributed by atoms with E-state index in [9.17, 15) is 24.0 Å². The number of nitrogens with zero attached hydrogens (tertiary/aromatic N) is 2. The predicted molar refractivity (Wildman–Crippen MR) is 149 cm³/mol. The lowest BCUT2D eigenvalue weighted by atomic mass is 9.93. The number of amides is 2. The van der Waals surface area contributed by atoms with Crippen molar-refractivity contribution in [2.75, 3.05) is 13.1 Å². The maximum absolute atomic E-state index is 13.7. The summed E-state index contributed by atoms with van der Waals surface area (Å²) in [7, 11) is 0. The van der Waals surface area contributed by atoms with Gasteiger partial charge in [-0.1, -0.05) is 0 Å². The smallest absolute Gasteiger partial charge is 0.410 e. The fourth-order valence-electron chi connectivity index (χ4n) is 5.10. The fourth-order valence-corrected chi connectivity index (χ4v) is 5.10. The average molecular weight is 567 g/mol.